The van der Waals surface area contributed by atoms with E-state index in [2.05, 4.69) is 36.5 Å². The number of aryl methyl sites for hydroxylation is 2. The van der Waals surface area contributed by atoms with Gasteiger partial charge in [0.25, 0.3) is 5.91 Å². The Bertz CT molecular complexity index is 852. The van der Waals surface area contributed by atoms with Crippen LogP contribution in [-0.4, -0.2) is 32.4 Å². The average Bonchev–Trinajstić information content (AvgIpc) is 3.20. The maximum absolute atomic E-state index is 12.2. The summed E-state index contributed by atoms with van der Waals surface area (Å²) in [6.07, 6.45) is 2.72. The third-order valence-electron chi connectivity index (χ3n) is 3.70. The summed E-state index contributed by atoms with van der Waals surface area (Å²) in [6, 6.07) is 9.04. The van der Waals surface area contributed by atoms with Crippen molar-refractivity contribution in [3.05, 3.63) is 57.4 Å². The van der Waals surface area contributed by atoms with Gasteiger partial charge in [0, 0.05) is 29.9 Å². The van der Waals surface area contributed by atoms with Gasteiger partial charge in [0.15, 0.2) is 0 Å². The van der Waals surface area contributed by atoms with Crippen molar-refractivity contribution in [1.29, 1.82) is 0 Å². The first-order valence-electron chi connectivity index (χ1n) is 7.82. The van der Waals surface area contributed by atoms with Gasteiger partial charge in [-0.2, -0.15) is 10.2 Å². The molecule has 0 fully saturated rings. The van der Waals surface area contributed by atoms with Gasteiger partial charge in [-0.15, -0.1) is 0 Å². The van der Waals surface area contributed by atoms with Crippen molar-refractivity contribution < 1.29 is 4.79 Å². The number of nitrogens with zero attached hydrogens (tertiary/aromatic N) is 3. The van der Waals surface area contributed by atoms with Crippen molar-refractivity contribution in [3.63, 3.8) is 0 Å². The number of carbonyl (C=O) groups is 1. The zero-order valence-electron chi connectivity index (χ0n) is 13.6. The minimum absolute atomic E-state index is 0.175. The molecule has 0 aliphatic carbocycles. The van der Waals surface area contributed by atoms with Crippen molar-refractivity contribution in [1.82, 2.24) is 25.3 Å². The van der Waals surface area contributed by atoms with Gasteiger partial charge in [0.05, 0.1) is 15.9 Å². The van der Waals surface area contributed by atoms with Gasteiger partial charge in [-0.1, -0.05) is 23.7 Å². The van der Waals surface area contributed by atoms with Crippen LogP contribution in [0.1, 0.15) is 22.6 Å². The minimum atomic E-state index is -0.175. The molecule has 1 aromatic carbocycles. The summed E-state index contributed by atoms with van der Waals surface area (Å²) in [7, 11) is 0. The van der Waals surface area contributed by atoms with Gasteiger partial charge in [-0.3, -0.25) is 14.6 Å². The molecule has 25 heavy (non-hydrogen) atoms. The molecule has 0 atom stereocenters. The summed E-state index contributed by atoms with van der Waals surface area (Å²) in [6.45, 7) is 3.25. The lowest BCUT2D eigenvalue weighted by Crippen LogP contribution is -2.25. The molecule has 0 spiro atoms. The second-order valence-electron chi connectivity index (χ2n) is 5.61. The highest BCUT2D eigenvalue weighted by Crippen LogP contribution is 2.20. The highest BCUT2D eigenvalue weighted by molar-refractivity contribution is 9.10. The molecule has 2 heterocycles. The Labute approximate surface area is 158 Å². The number of aromatic amines is 1. The fourth-order valence-corrected chi connectivity index (χ4v) is 2.79. The van der Waals surface area contributed by atoms with Gasteiger partial charge < -0.3 is 5.32 Å². The Kier molecular flexibility index (Phi) is 5.55. The minimum Gasteiger partial charge on any atom is -0.351 e. The van der Waals surface area contributed by atoms with Crippen LogP contribution in [0.25, 0.3) is 11.3 Å². The van der Waals surface area contributed by atoms with E-state index in [1.807, 2.05) is 29.9 Å². The van der Waals surface area contributed by atoms with E-state index >= 15 is 0 Å². The molecule has 0 saturated heterocycles. The number of aromatic nitrogens is 4. The van der Waals surface area contributed by atoms with E-state index in [9.17, 15) is 4.79 Å². The van der Waals surface area contributed by atoms with Crippen LogP contribution in [0, 0.1) is 6.92 Å². The zero-order valence-corrected chi connectivity index (χ0v) is 15.9. The van der Waals surface area contributed by atoms with Crippen molar-refractivity contribution in [2.45, 2.75) is 19.9 Å². The van der Waals surface area contributed by atoms with Crippen molar-refractivity contribution in [3.8, 4) is 11.3 Å². The van der Waals surface area contributed by atoms with Gasteiger partial charge in [-0.25, -0.2) is 0 Å². The van der Waals surface area contributed by atoms with Crippen LogP contribution in [-0.2, 0) is 6.54 Å². The van der Waals surface area contributed by atoms with E-state index in [-0.39, 0.29) is 5.91 Å². The second-order valence-corrected chi connectivity index (χ2v) is 6.90. The second kappa shape index (κ2) is 7.84. The van der Waals surface area contributed by atoms with Gasteiger partial charge in [-0.05, 0) is 47.5 Å². The summed E-state index contributed by atoms with van der Waals surface area (Å²) >= 11 is 9.31. The standard InChI is InChI=1S/C17H17BrClN5O/c1-11-14(18)10-24(23-11)8-2-7-20-17(25)16-9-15(21-22-16)12-3-5-13(19)6-4-12/h3-6,9-10H,2,7-8H2,1H3,(H,20,25)(H,21,22). The zero-order chi connectivity index (χ0) is 17.8. The van der Waals surface area contributed by atoms with Crippen molar-refractivity contribution >= 4 is 33.4 Å². The van der Waals surface area contributed by atoms with Crippen LogP contribution in [0.15, 0.2) is 41.0 Å². The average molecular weight is 423 g/mol. The molecule has 0 saturated carbocycles. The topological polar surface area (TPSA) is 75.6 Å². The van der Waals surface area contributed by atoms with Gasteiger partial charge >= 0.3 is 0 Å². The summed E-state index contributed by atoms with van der Waals surface area (Å²) in [5.41, 5.74) is 3.00. The number of halogens is 2. The summed E-state index contributed by atoms with van der Waals surface area (Å²) in [5.74, 6) is -0.175. The Morgan fingerprint density at radius 2 is 2.12 bits per heavy atom. The number of amides is 1. The highest BCUT2D eigenvalue weighted by atomic mass is 79.9. The lowest BCUT2D eigenvalue weighted by Gasteiger charge is -2.03. The Morgan fingerprint density at radius 3 is 2.80 bits per heavy atom. The van der Waals surface area contributed by atoms with E-state index in [0.717, 1.165) is 28.7 Å². The summed E-state index contributed by atoms with van der Waals surface area (Å²) in [4.78, 5) is 12.2. The number of nitrogens with one attached hydrogen (secondary N) is 2. The van der Waals surface area contributed by atoms with Crippen molar-refractivity contribution in [2.75, 3.05) is 6.54 Å². The normalized spacial score (nSPS) is 10.8. The predicted molar refractivity (Wildman–Crippen MR) is 101 cm³/mol. The van der Waals surface area contributed by atoms with Crippen LogP contribution in [0.2, 0.25) is 5.02 Å². The maximum Gasteiger partial charge on any atom is 0.269 e. The molecule has 3 aromatic rings. The fourth-order valence-electron chi connectivity index (χ4n) is 2.35. The number of H-pyrrole nitrogens is 1. The first-order valence-corrected chi connectivity index (χ1v) is 8.99. The molecule has 0 radical (unpaired) electrons. The maximum atomic E-state index is 12.2. The molecule has 1 amide bonds. The van der Waals surface area contributed by atoms with Gasteiger partial charge in [0.2, 0.25) is 0 Å². The van der Waals surface area contributed by atoms with Gasteiger partial charge in [0.1, 0.15) is 5.69 Å². The van der Waals surface area contributed by atoms with Crippen LogP contribution >= 0.6 is 27.5 Å². The molecule has 0 unspecified atom stereocenters. The number of hydrogen-bond acceptors (Lipinski definition) is 3. The summed E-state index contributed by atoms with van der Waals surface area (Å²) in [5, 5.41) is 14.9. The van der Waals surface area contributed by atoms with E-state index in [4.69, 9.17) is 11.6 Å². The molecule has 2 aromatic heterocycles. The Hall–Kier alpha value is -2.12. The molecular weight excluding hydrogens is 406 g/mol. The molecular formula is C17H17BrClN5O. The third-order valence-corrected chi connectivity index (χ3v) is 4.73. The van der Waals surface area contributed by atoms with Crippen LogP contribution < -0.4 is 5.32 Å². The monoisotopic (exact) mass is 421 g/mol. The molecule has 6 nitrogen and oxygen atoms in total. The third kappa shape index (κ3) is 4.49. The molecule has 8 heteroatoms. The lowest BCUT2D eigenvalue weighted by atomic mass is 10.1. The first kappa shape index (κ1) is 17.7. The number of hydrogen-bond donors (Lipinski definition) is 2. The summed E-state index contributed by atoms with van der Waals surface area (Å²) < 4.78 is 2.85. The molecule has 2 N–H and O–H groups in total. The van der Waals surface area contributed by atoms with Crippen LogP contribution in [0.4, 0.5) is 0 Å². The Balaban J connectivity index is 1.51. The van der Waals surface area contributed by atoms with E-state index in [0.29, 0.717) is 23.0 Å². The lowest BCUT2D eigenvalue weighted by molar-refractivity contribution is 0.0947. The quantitative estimate of drug-likeness (QED) is 0.593. The first-order chi connectivity index (χ1) is 12.0. The fraction of sp³-hybridized carbons (Fsp3) is 0.235. The number of carbonyl (C=O) groups excluding carboxylic acids is 1. The van der Waals surface area contributed by atoms with Crippen LogP contribution in [0.3, 0.4) is 0 Å². The number of benzene rings is 1. The van der Waals surface area contributed by atoms with Crippen molar-refractivity contribution in [2.24, 2.45) is 0 Å². The van der Waals surface area contributed by atoms with E-state index in [1.165, 1.54) is 0 Å². The predicted octanol–water partition coefficient (Wildman–Crippen LogP) is 3.82. The SMILES string of the molecule is Cc1nn(CCCNC(=O)c2cc(-c3ccc(Cl)cc3)n[nH]2)cc1Br. The number of rotatable bonds is 6. The molecule has 0 aliphatic heterocycles. The molecule has 0 bridgehead atoms. The van der Waals surface area contributed by atoms with Crippen LogP contribution in [0.5, 0.6) is 0 Å². The smallest absolute Gasteiger partial charge is 0.269 e. The largest absolute Gasteiger partial charge is 0.351 e. The highest BCUT2D eigenvalue weighted by Gasteiger charge is 2.10. The molecule has 0 aliphatic rings. The van der Waals surface area contributed by atoms with E-state index < -0.39 is 0 Å². The molecule has 130 valence electrons. The Morgan fingerprint density at radius 1 is 1.36 bits per heavy atom. The molecule has 3 rings (SSSR count). The van der Waals surface area contributed by atoms with E-state index in [1.54, 1.807) is 18.2 Å².